The molecule has 0 spiro atoms. The SMILES string of the molecule is Cc1cc(C(F)(F)F)ccc1C(NN)C1CCCOC1. The third kappa shape index (κ3) is 3.31. The van der Waals surface area contributed by atoms with E-state index in [0.717, 1.165) is 31.1 Å². The van der Waals surface area contributed by atoms with Gasteiger partial charge in [0.15, 0.2) is 0 Å². The van der Waals surface area contributed by atoms with Crippen LogP contribution in [0.5, 0.6) is 0 Å². The van der Waals surface area contributed by atoms with Gasteiger partial charge in [-0.05, 0) is 43.0 Å². The Morgan fingerprint density at radius 1 is 1.40 bits per heavy atom. The van der Waals surface area contributed by atoms with Gasteiger partial charge in [0.2, 0.25) is 0 Å². The molecule has 0 bridgehead atoms. The Labute approximate surface area is 116 Å². The first-order valence-electron chi connectivity index (χ1n) is 6.65. The first kappa shape index (κ1) is 15.3. The number of hydrogen-bond donors (Lipinski definition) is 2. The van der Waals surface area contributed by atoms with Crippen LogP contribution in [-0.4, -0.2) is 13.2 Å². The smallest absolute Gasteiger partial charge is 0.381 e. The minimum Gasteiger partial charge on any atom is -0.381 e. The van der Waals surface area contributed by atoms with Gasteiger partial charge in [0, 0.05) is 12.5 Å². The maximum Gasteiger partial charge on any atom is 0.416 e. The lowest BCUT2D eigenvalue weighted by molar-refractivity contribution is -0.137. The second kappa shape index (κ2) is 6.11. The van der Waals surface area contributed by atoms with E-state index >= 15 is 0 Å². The molecule has 1 saturated heterocycles. The van der Waals surface area contributed by atoms with E-state index in [1.807, 2.05) is 0 Å². The van der Waals surface area contributed by atoms with Crippen LogP contribution >= 0.6 is 0 Å². The minimum absolute atomic E-state index is 0.183. The average Bonchev–Trinajstić information content (AvgIpc) is 2.41. The molecule has 1 aromatic carbocycles. The van der Waals surface area contributed by atoms with Crippen LogP contribution in [0.2, 0.25) is 0 Å². The van der Waals surface area contributed by atoms with Gasteiger partial charge in [0.05, 0.1) is 18.2 Å². The van der Waals surface area contributed by atoms with E-state index < -0.39 is 11.7 Å². The second-order valence-electron chi connectivity index (χ2n) is 5.19. The molecule has 1 fully saturated rings. The third-order valence-electron chi connectivity index (χ3n) is 3.78. The fraction of sp³-hybridized carbons (Fsp3) is 0.571. The molecule has 0 amide bonds. The third-order valence-corrected chi connectivity index (χ3v) is 3.78. The molecule has 0 aliphatic carbocycles. The molecular formula is C14H19F3N2O. The Balaban J connectivity index is 2.26. The summed E-state index contributed by atoms with van der Waals surface area (Å²) < 4.78 is 43.5. The highest BCUT2D eigenvalue weighted by Crippen LogP contribution is 2.34. The number of halogens is 3. The first-order chi connectivity index (χ1) is 9.43. The van der Waals surface area contributed by atoms with Crippen molar-refractivity contribution in [1.29, 1.82) is 0 Å². The first-order valence-corrected chi connectivity index (χ1v) is 6.65. The topological polar surface area (TPSA) is 47.3 Å². The minimum atomic E-state index is -4.32. The number of hydrazine groups is 1. The van der Waals surface area contributed by atoms with Gasteiger partial charge in [-0.3, -0.25) is 11.3 Å². The molecular weight excluding hydrogens is 269 g/mol. The normalized spacial score (nSPS) is 21.8. The summed E-state index contributed by atoms with van der Waals surface area (Å²) in [7, 11) is 0. The van der Waals surface area contributed by atoms with E-state index in [2.05, 4.69) is 5.43 Å². The number of rotatable bonds is 3. The summed E-state index contributed by atoms with van der Waals surface area (Å²) in [5.41, 5.74) is 3.49. The number of aryl methyl sites for hydroxylation is 1. The standard InChI is InChI=1S/C14H19F3N2O/c1-9-7-11(14(15,16)17)4-5-12(9)13(19-18)10-3-2-6-20-8-10/h4-5,7,10,13,19H,2-3,6,8,18H2,1H3. The molecule has 1 aliphatic rings. The van der Waals surface area contributed by atoms with Crippen molar-refractivity contribution in [3.8, 4) is 0 Å². The van der Waals surface area contributed by atoms with Crippen LogP contribution < -0.4 is 11.3 Å². The summed E-state index contributed by atoms with van der Waals surface area (Å²) >= 11 is 0. The molecule has 1 heterocycles. The van der Waals surface area contributed by atoms with Crippen LogP contribution in [-0.2, 0) is 10.9 Å². The van der Waals surface area contributed by atoms with Crippen LogP contribution in [0.1, 0.15) is 35.6 Å². The van der Waals surface area contributed by atoms with Crippen LogP contribution in [0.15, 0.2) is 18.2 Å². The molecule has 20 heavy (non-hydrogen) atoms. The lowest BCUT2D eigenvalue weighted by Gasteiger charge is -2.31. The number of benzene rings is 1. The van der Waals surface area contributed by atoms with Crippen molar-refractivity contribution in [2.45, 2.75) is 32.0 Å². The van der Waals surface area contributed by atoms with E-state index in [-0.39, 0.29) is 12.0 Å². The Hall–Kier alpha value is -1.11. The molecule has 0 aromatic heterocycles. The van der Waals surface area contributed by atoms with Crippen molar-refractivity contribution in [2.24, 2.45) is 11.8 Å². The second-order valence-corrected chi connectivity index (χ2v) is 5.19. The molecule has 2 unspecified atom stereocenters. The average molecular weight is 288 g/mol. The van der Waals surface area contributed by atoms with Crippen molar-refractivity contribution in [2.75, 3.05) is 13.2 Å². The van der Waals surface area contributed by atoms with Gasteiger partial charge in [-0.15, -0.1) is 0 Å². The summed E-state index contributed by atoms with van der Waals surface area (Å²) in [6, 6.07) is 3.61. The van der Waals surface area contributed by atoms with Gasteiger partial charge in [0.1, 0.15) is 0 Å². The van der Waals surface area contributed by atoms with Crippen molar-refractivity contribution in [3.05, 3.63) is 34.9 Å². The van der Waals surface area contributed by atoms with Gasteiger partial charge in [0.25, 0.3) is 0 Å². The predicted octanol–water partition coefficient (Wildman–Crippen LogP) is 2.94. The monoisotopic (exact) mass is 288 g/mol. The number of nitrogens with two attached hydrogens (primary N) is 1. The fourth-order valence-corrected chi connectivity index (χ4v) is 2.71. The summed E-state index contributed by atoms with van der Waals surface area (Å²) in [5.74, 6) is 5.79. The van der Waals surface area contributed by atoms with Crippen LogP contribution in [0.3, 0.4) is 0 Å². The highest BCUT2D eigenvalue weighted by Gasteiger charge is 2.32. The van der Waals surface area contributed by atoms with E-state index in [1.165, 1.54) is 12.1 Å². The van der Waals surface area contributed by atoms with E-state index in [0.29, 0.717) is 12.2 Å². The molecule has 3 nitrogen and oxygen atoms in total. The van der Waals surface area contributed by atoms with Gasteiger partial charge >= 0.3 is 6.18 Å². The van der Waals surface area contributed by atoms with Crippen molar-refractivity contribution in [1.82, 2.24) is 5.43 Å². The molecule has 1 aromatic rings. The number of alkyl halides is 3. The van der Waals surface area contributed by atoms with E-state index in [9.17, 15) is 13.2 Å². The van der Waals surface area contributed by atoms with Crippen molar-refractivity contribution >= 4 is 0 Å². The summed E-state index contributed by atoms with van der Waals surface area (Å²) in [6.45, 7) is 2.99. The lowest BCUT2D eigenvalue weighted by Crippen LogP contribution is -2.37. The van der Waals surface area contributed by atoms with Crippen LogP contribution in [0, 0.1) is 12.8 Å². The number of hydrogen-bond acceptors (Lipinski definition) is 3. The van der Waals surface area contributed by atoms with Gasteiger partial charge in [-0.25, -0.2) is 0 Å². The number of ether oxygens (including phenoxy) is 1. The summed E-state index contributed by atoms with van der Waals surface area (Å²) in [6.07, 6.45) is -2.42. The Kier molecular flexibility index (Phi) is 4.67. The maximum absolute atomic E-state index is 12.7. The van der Waals surface area contributed by atoms with Crippen LogP contribution in [0.25, 0.3) is 0 Å². The summed E-state index contributed by atoms with van der Waals surface area (Å²) in [4.78, 5) is 0. The summed E-state index contributed by atoms with van der Waals surface area (Å²) in [5, 5.41) is 0. The van der Waals surface area contributed by atoms with Crippen LogP contribution in [0.4, 0.5) is 13.2 Å². The molecule has 2 rings (SSSR count). The highest BCUT2D eigenvalue weighted by molar-refractivity contribution is 5.35. The van der Waals surface area contributed by atoms with Crippen molar-refractivity contribution < 1.29 is 17.9 Å². The molecule has 0 saturated carbocycles. The zero-order valence-corrected chi connectivity index (χ0v) is 11.3. The largest absolute Gasteiger partial charge is 0.416 e. The van der Waals surface area contributed by atoms with Gasteiger partial charge in [-0.2, -0.15) is 13.2 Å². The van der Waals surface area contributed by atoms with Crippen molar-refractivity contribution in [3.63, 3.8) is 0 Å². The molecule has 112 valence electrons. The molecule has 0 radical (unpaired) electrons. The predicted molar refractivity (Wildman–Crippen MR) is 69.8 cm³/mol. The number of nitrogens with one attached hydrogen (secondary N) is 1. The highest BCUT2D eigenvalue weighted by atomic mass is 19.4. The van der Waals surface area contributed by atoms with E-state index in [1.54, 1.807) is 6.92 Å². The maximum atomic E-state index is 12.7. The molecule has 6 heteroatoms. The zero-order valence-electron chi connectivity index (χ0n) is 11.3. The van der Waals surface area contributed by atoms with Gasteiger partial charge < -0.3 is 4.74 Å². The molecule has 3 N–H and O–H groups in total. The molecule has 2 atom stereocenters. The Morgan fingerprint density at radius 2 is 2.15 bits per heavy atom. The lowest BCUT2D eigenvalue weighted by atomic mass is 9.86. The zero-order chi connectivity index (χ0) is 14.8. The Morgan fingerprint density at radius 3 is 2.65 bits per heavy atom. The van der Waals surface area contributed by atoms with E-state index in [4.69, 9.17) is 10.6 Å². The molecule has 1 aliphatic heterocycles. The van der Waals surface area contributed by atoms with Gasteiger partial charge in [-0.1, -0.05) is 6.07 Å². The quantitative estimate of drug-likeness (QED) is 0.664. The Bertz CT molecular complexity index is 456. The fourth-order valence-electron chi connectivity index (χ4n) is 2.71.